The van der Waals surface area contributed by atoms with Crippen LogP contribution in [0.5, 0.6) is 0 Å². The number of rotatable bonds is 5. The van der Waals surface area contributed by atoms with Crippen molar-refractivity contribution in [2.75, 3.05) is 25.5 Å². The van der Waals surface area contributed by atoms with E-state index < -0.39 is 5.97 Å². The molecule has 2 aromatic heterocycles. The van der Waals surface area contributed by atoms with Gasteiger partial charge in [-0.2, -0.15) is 5.10 Å². The van der Waals surface area contributed by atoms with Crippen LogP contribution in [0.1, 0.15) is 43.9 Å². The average molecular weight is 426 g/mol. The number of nitrogens with zero attached hydrogens (tertiary/aromatic N) is 4. The fourth-order valence-electron chi connectivity index (χ4n) is 3.38. The Morgan fingerprint density at radius 1 is 1.27 bits per heavy atom. The van der Waals surface area contributed by atoms with Gasteiger partial charge in [0.15, 0.2) is 5.13 Å². The van der Waals surface area contributed by atoms with E-state index in [-0.39, 0.29) is 5.91 Å². The molecule has 1 amide bonds. The van der Waals surface area contributed by atoms with E-state index in [0.717, 1.165) is 30.9 Å². The number of hydrogen-bond acceptors (Lipinski definition) is 7. The molecule has 9 heteroatoms. The SMILES string of the molecule is CCOC(=O)c1cnn(-c2ccc(C(=O)Nc3nc4c(s3)CN(C)CC4)cc2)c1C. The first-order valence-electron chi connectivity index (χ1n) is 9.77. The maximum Gasteiger partial charge on any atom is 0.341 e. The molecule has 8 nitrogen and oxygen atoms in total. The van der Waals surface area contributed by atoms with Gasteiger partial charge in [-0.15, -0.1) is 11.3 Å². The largest absolute Gasteiger partial charge is 0.462 e. The van der Waals surface area contributed by atoms with Crippen molar-refractivity contribution in [3.8, 4) is 5.69 Å². The highest BCUT2D eigenvalue weighted by atomic mass is 32.1. The molecule has 0 spiro atoms. The summed E-state index contributed by atoms with van der Waals surface area (Å²) in [5.74, 6) is -0.597. The summed E-state index contributed by atoms with van der Waals surface area (Å²) < 4.78 is 6.70. The lowest BCUT2D eigenvalue weighted by Gasteiger charge is -2.20. The smallest absolute Gasteiger partial charge is 0.341 e. The average Bonchev–Trinajstić information content (AvgIpc) is 3.30. The molecule has 3 aromatic rings. The molecule has 4 rings (SSSR count). The maximum absolute atomic E-state index is 12.6. The number of amides is 1. The number of carbonyl (C=O) groups is 2. The number of hydrogen-bond donors (Lipinski definition) is 1. The highest BCUT2D eigenvalue weighted by Gasteiger charge is 2.20. The summed E-state index contributed by atoms with van der Waals surface area (Å²) >= 11 is 1.53. The third-order valence-corrected chi connectivity index (χ3v) is 6.02. The second-order valence-electron chi connectivity index (χ2n) is 7.15. The van der Waals surface area contributed by atoms with E-state index in [9.17, 15) is 9.59 Å². The van der Waals surface area contributed by atoms with Crippen molar-refractivity contribution in [3.05, 3.63) is 57.9 Å². The van der Waals surface area contributed by atoms with Crippen LogP contribution in [0.4, 0.5) is 5.13 Å². The number of likely N-dealkylation sites (N-methyl/N-ethyl adjacent to an activating group) is 1. The minimum absolute atomic E-state index is 0.203. The standard InChI is InChI=1S/C21H23N5O3S/c1-4-29-20(28)16-11-22-26(13(16)2)15-7-5-14(6-8-15)19(27)24-21-23-17-9-10-25(3)12-18(17)30-21/h5-8,11H,4,9-10,12H2,1-3H3,(H,23,24,27). The number of benzene rings is 1. The molecule has 0 saturated heterocycles. The quantitative estimate of drug-likeness (QED) is 0.632. The number of fused-ring (bicyclic) bond motifs is 1. The van der Waals surface area contributed by atoms with E-state index in [1.54, 1.807) is 35.9 Å². The van der Waals surface area contributed by atoms with Crippen molar-refractivity contribution in [2.45, 2.75) is 26.8 Å². The summed E-state index contributed by atoms with van der Waals surface area (Å²) in [6.45, 7) is 5.74. The summed E-state index contributed by atoms with van der Waals surface area (Å²) in [6, 6.07) is 7.06. The van der Waals surface area contributed by atoms with Crippen molar-refractivity contribution in [1.29, 1.82) is 0 Å². The first kappa shape index (κ1) is 20.2. The van der Waals surface area contributed by atoms with Gasteiger partial charge in [-0.1, -0.05) is 0 Å². The van der Waals surface area contributed by atoms with Gasteiger partial charge in [-0.3, -0.25) is 10.1 Å². The maximum atomic E-state index is 12.6. The Bertz CT molecular complexity index is 1090. The van der Waals surface area contributed by atoms with Crippen LogP contribution < -0.4 is 5.32 Å². The number of anilines is 1. The Balaban J connectivity index is 1.47. The lowest BCUT2D eigenvalue weighted by molar-refractivity contribution is 0.0525. The molecule has 1 aromatic carbocycles. The second kappa shape index (κ2) is 8.37. The van der Waals surface area contributed by atoms with Gasteiger partial charge in [0.05, 0.1) is 29.9 Å². The van der Waals surface area contributed by atoms with Crippen LogP contribution in [0, 0.1) is 6.92 Å². The molecule has 30 heavy (non-hydrogen) atoms. The predicted octanol–water partition coefficient (Wildman–Crippen LogP) is 3.05. The van der Waals surface area contributed by atoms with E-state index in [0.29, 0.717) is 28.6 Å². The molecule has 0 saturated carbocycles. The predicted molar refractivity (Wildman–Crippen MR) is 114 cm³/mol. The molecule has 0 bridgehead atoms. The van der Waals surface area contributed by atoms with E-state index in [2.05, 4.69) is 27.3 Å². The van der Waals surface area contributed by atoms with Gasteiger partial charge in [0, 0.05) is 30.0 Å². The van der Waals surface area contributed by atoms with Gasteiger partial charge in [-0.25, -0.2) is 14.5 Å². The van der Waals surface area contributed by atoms with E-state index in [1.165, 1.54) is 22.4 Å². The fraction of sp³-hybridized carbons (Fsp3) is 0.333. The fourth-order valence-corrected chi connectivity index (χ4v) is 4.46. The minimum Gasteiger partial charge on any atom is -0.462 e. The summed E-state index contributed by atoms with van der Waals surface area (Å²) in [7, 11) is 2.08. The zero-order valence-electron chi connectivity index (χ0n) is 17.1. The first-order chi connectivity index (χ1) is 14.5. The van der Waals surface area contributed by atoms with Crippen molar-refractivity contribution in [2.24, 2.45) is 0 Å². The highest BCUT2D eigenvalue weighted by Crippen LogP contribution is 2.28. The number of aromatic nitrogens is 3. The van der Waals surface area contributed by atoms with Crippen molar-refractivity contribution >= 4 is 28.3 Å². The molecule has 0 fully saturated rings. The molecule has 3 heterocycles. The molecule has 1 N–H and O–H groups in total. The molecule has 1 aliphatic rings. The van der Waals surface area contributed by atoms with Gasteiger partial charge in [-0.05, 0) is 45.2 Å². The molecule has 156 valence electrons. The minimum atomic E-state index is -0.394. The zero-order valence-corrected chi connectivity index (χ0v) is 18.0. The highest BCUT2D eigenvalue weighted by molar-refractivity contribution is 7.15. The van der Waals surface area contributed by atoms with Gasteiger partial charge < -0.3 is 9.64 Å². The van der Waals surface area contributed by atoms with Crippen LogP contribution in [0.15, 0.2) is 30.5 Å². The van der Waals surface area contributed by atoms with Crippen LogP contribution in [0.2, 0.25) is 0 Å². The summed E-state index contributed by atoms with van der Waals surface area (Å²) in [5, 5.41) is 7.81. The van der Waals surface area contributed by atoms with Gasteiger partial charge in [0.25, 0.3) is 5.91 Å². The van der Waals surface area contributed by atoms with Crippen LogP contribution >= 0.6 is 11.3 Å². The zero-order chi connectivity index (χ0) is 21.3. The Hall–Kier alpha value is -3.04. The molecule has 0 aliphatic carbocycles. The van der Waals surface area contributed by atoms with Crippen LogP contribution in [0.25, 0.3) is 5.69 Å². The topological polar surface area (TPSA) is 89.3 Å². The molecular formula is C21H23N5O3S. The monoisotopic (exact) mass is 425 g/mol. The second-order valence-corrected chi connectivity index (χ2v) is 8.24. The third-order valence-electron chi connectivity index (χ3n) is 5.02. The van der Waals surface area contributed by atoms with Crippen LogP contribution in [-0.4, -0.2) is 51.7 Å². The van der Waals surface area contributed by atoms with Crippen LogP contribution in [-0.2, 0) is 17.7 Å². The molecule has 0 atom stereocenters. The Labute approximate surface area is 178 Å². The molecule has 0 radical (unpaired) electrons. The number of thiazole rings is 1. The van der Waals surface area contributed by atoms with Crippen molar-refractivity contribution in [1.82, 2.24) is 19.7 Å². The molecular weight excluding hydrogens is 402 g/mol. The third kappa shape index (κ3) is 3.99. The Morgan fingerprint density at radius 2 is 2.03 bits per heavy atom. The van der Waals surface area contributed by atoms with E-state index in [4.69, 9.17) is 4.74 Å². The summed E-state index contributed by atoms with van der Waals surface area (Å²) in [5.41, 5.74) is 3.48. The lowest BCUT2D eigenvalue weighted by Crippen LogP contribution is -2.25. The number of esters is 1. The molecule has 1 aliphatic heterocycles. The van der Waals surface area contributed by atoms with Crippen molar-refractivity contribution < 1.29 is 14.3 Å². The normalized spacial score (nSPS) is 13.7. The van der Waals surface area contributed by atoms with Crippen LogP contribution in [0.3, 0.4) is 0 Å². The van der Waals surface area contributed by atoms with Crippen molar-refractivity contribution in [3.63, 3.8) is 0 Å². The summed E-state index contributed by atoms with van der Waals surface area (Å²) in [6.07, 6.45) is 2.40. The summed E-state index contributed by atoms with van der Waals surface area (Å²) in [4.78, 5) is 32.6. The Kier molecular flexibility index (Phi) is 5.65. The number of carbonyl (C=O) groups excluding carboxylic acids is 2. The lowest BCUT2D eigenvalue weighted by atomic mass is 10.2. The molecule has 0 unspecified atom stereocenters. The first-order valence-corrected chi connectivity index (χ1v) is 10.6. The van der Waals surface area contributed by atoms with E-state index >= 15 is 0 Å². The van der Waals surface area contributed by atoms with Gasteiger partial charge >= 0.3 is 5.97 Å². The Morgan fingerprint density at radius 3 is 2.77 bits per heavy atom. The van der Waals surface area contributed by atoms with E-state index in [1.807, 2.05) is 6.92 Å². The number of nitrogens with one attached hydrogen (secondary N) is 1. The van der Waals surface area contributed by atoms with Gasteiger partial charge in [0.1, 0.15) is 5.56 Å². The van der Waals surface area contributed by atoms with Gasteiger partial charge in [0.2, 0.25) is 0 Å². The number of ether oxygens (including phenoxy) is 1.